The average molecular weight is 230 g/mol. The van der Waals surface area contributed by atoms with Crippen molar-refractivity contribution in [3.63, 3.8) is 0 Å². The number of nitrogens with zero attached hydrogens (tertiary/aromatic N) is 1. The van der Waals surface area contributed by atoms with Gasteiger partial charge in [0, 0.05) is 0 Å². The highest BCUT2D eigenvalue weighted by atomic mass is 32.1. The van der Waals surface area contributed by atoms with Crippen molar-refractivity contribution in [1.82, 2.24) is 4.98 Å². The number of ether oxygens (including phenoxy) is 1. The largest absolute Gasteiger partial charge is 0.450 e. The summed E-state index contributed by atoms with van der Waals surface area (Å²) in [7, 11) is 0. The first-order valence-electron chi connectivity index (χ1n) is 4.04. The molecule has 1 rings (SSSR count). The fraction of sp³-hybridized carbons (Fsp3) is 0.286. The Labute approximate surface area is 89.4 Å². The van der Waals surface area contributed by atoms with E-state index in [1.807, 2.05) is 0 Å². The first-order chi connectivity index (χ1) is 7.04. The summed E-state index contributed by atoms with van der Waals surface area (Å²) in [6, 6.07) is 0. The standard InChI is InChI=1S/C7H10N4O3S/c1-2-14-7(13)11-6-10-3(4(8)12)5(9)15-6/h2,9H2,1H3,(H2,8,12)(H,10,11,13). The van der Waals surface area contributed by atoms with E-state index < -0.39 is 12.0 Å². The van der Waals surface area contributed by atoms with Gasteiger partial charge < -0.3 is 16.2 Å². The second-order valence-corrected chi connectivity index (χ2v) is 3.47. The lowest BCUT2D eigenvalue weighted by molar-refractivity contribution is 0.0997. The van der Waals surface area contributed by atoms with Gasteiger partial charge in [0.1, 0.15) is 5.00 Å². The Kier molecular flexibility index (Phi) is 3.45. The molecular formula is C7H10N4O3S. The second-order valence-electron chi connectivity index (χ2n) is 2.44. The number of nitrogens with one attached hydrogen (secondary N) is 1. The van der Waals surface area contributed by atoms with E-state index in [0.717, 1.165) is 11.3 Å². The van der Waals surface area contributed by atoms with Gasteiger partial charge in [0.05, 0.1) is 6.61 Å². The summed E-state index contributed by atoms with van der Waals surface area (Å²) in [5, 5.41) is 2.66. The fourth-order valence-corrected chi connectivity index (χ4v) is 1.54. The van der Waals surface area contributed by atoms with Gasteiger partial charge in [-0.1, -0.05) is 11.3 Å². The van der Waals surface area contributed by atoms with Crippen LogP contribution in [0.1, 0.15) is 17.4 Å². The van der Waals surface area contributed by atoms with E-state index in [4.69, 9.17) is 11.5 Å². The van der Waals surface area contributed by atoms with Crippen molar-refractivity contribution in [1.29, 1.82) is 0 Å². The lowest BCUT2D eigenvalue weighted by atomic mass is 10.4. The minimum absolute atomic E-state index is 0.0493. The third kappa shape index (κ3) is 2.81. The Morgan fingerprint density at radius 3 is 2.73 bits per heavy atom. The molecule has 0 spiro atoms. The number of anilines is 2. The van der Waals surface area contributed by atoms with Crippen LogP contribution < -0.4 is 16.8 Å². The van der Waals surface area contributed by atoms with Crippen molar-refractivity contribution in [2.75, 3.05) is 17.7 Å². The van der Waals surface area contributed by atoms with Crippen LogP contribution >= 0.6 is 11.3 Å². The predicted octanol–water partition coefficient (Wildman–Crippen LogP) is 0.393. The van der Waals surface area contributed by atoms with Crippen LogP contribution in [0.25, 0.3) is 0 Å². The molecule has 0 unspecified atom stereocenters. The summed E-state index contributed by atoms with van der Waals surface area (Å²) >= 11 is 0.951. The van der Waals surface area contributed by atoms with Crippen LogP contribution in [-0.2, 0) is 4.74 Å². The van der Waals surface area contributed by atoms with E-state index in [1.54, 1.807) is 6.92 Å². The third-order valence-electron chi connectivity index (χ3n) is 1.37. The number of carbonyl (C=O) groups is 2. The van der Waals surface area contributed by atoms with Gasteiger partial charge in [0.15, 0.2) is 10.8 Å². The van der Waals surface area contributed by atoms with E-state index in [2.05, 4.69) is 15.0 Å². The molecule has 1 aromatic heterocycles. The van der Waals surface area contributed by atoms with Gasteiger partial charge in [-0.25, -0.2) is 9.78 Å². The summed E-state index contributed by atoms with van der Waals surface area (Å²) in [4.78, 5) is 25.5. The Hall–Kier alpha value is -1.83. The van der Waals surface area contributed by atoms with E-state index in [-0.39, 0.29) is 22.4 Å². The van der Waals surface area contributed by atoms with Crippen molar-refractivity contribution in [3.05, 3.63) is 5.69 Å². The maximum absolute atomic E-state index is 11.0. The van der Waals surface area contributed by atoms with E-state index in [9.17, 15) is 9.59 Å². The molecule has 82 valence electrons. The molecule has 0 radical (unpaired) electrons. The fourth-order valence-electron chi connectivity index (χ4n) is 0.816. The number of nitrogen functional groups attached to an aromatic ring is 1. The number of nitrogens with two attached hydrogens (primary N) is 2. The summed E-state index contributed by atoms with van der Waals surface area (Å²) in [5.41, 5.74) is 10.4. The Morgan fingerprint density at radius 1 is 1.60 bits per heavy atom. The topological polar surface area (TPSA) is 120 Å². The zero-order valence-corrected chi connectivity index (χ0v) is 8.76. The minimum atomic E-state index is -0.736. The Morgan fingerprint density at radius 2 is 2.27 bits per heavy atom. The maximum atomic E-state index is 11.0. The first-order valence-corrected chi connectivity index (χ1v) is 4.86. The molecule has 2 amide bonds. The summed E-state index contributed by atoms with van der Waals surface area (Å²) in [5.74, 6) is -0.736. The van der Waals surface area contributed by atoms with Gasteiger partial charge in [0.2, 0.25) is 0 Å². The molecule has 0 fully saturated rings. The molecular weight excluding hydrogens is 220 g/mol. The van der Waals surface area contributed by atoms with Gasteiger partial charge in [-0.3, -0.25) is 10.1 Å². The predicted molar refractivity (Wildman–Crippen MR) is 55.7 cm³/mol. The Balaban J connectivity index is 2.75. The molecule has 0 bridgehead atoms. The number of hydrogen-bond donors (Lipinski definition) is 3. The van der Waals surface area contributed by atoms with Crippen LogP contribution in [0.15, 0.2) is 0 Å². The number of rotatable bonds is 3. The number of amides is 2. The maximum Gasteiger partial charge on any atom is 0.413 e. The normalized spacial score (nSPS) is 9.67. The van der Waals surface area contributed by atoms with Crippen LogP contribution in [0, 0.1) is 0 Å². The van der Waals surface area contributed by atoms with Gasteiger partial charge in [-0.2, -0.15) is 0 Å². The van der Waals surface area contributed by atoms with Crippen LogP contribution in [0.4, 0.5) is 14.9 Å². The highest BCUT2D eigenvalue weighted by Gasteiger charge is 2.14. The second kappa shape index (κ2) is 4.60. The monoisotopic (exact) mass is 230 g/mol. The third-order valence-corrected chi connectivity index (χ3v) is 2.17. The molecule has 1 aromatic rings. The number of aromatic nitrogens is 1. The Bertz CT molecular complexity index is 390. The molecule has 8 heteroatoms. The minimum Gasteiger partial charge on any atom is -0.450 e. The van der Waals surface area contributed by atoms with Crippen molar-refractivity contribution in [3.8, 4) is 0 Å². The van der Waals surface area contributed by atoms with Gasteiger partial charge in [-0.15, -0.1) is 0 Å². The quantitative estimate of drug-likeness (QED) is 0.693. The highest BCUT2D eigenvalue weighted by molar-refractivity contribution is 7.19. The van der Waals surface area contributed by atoms with Gasteiger partial charge in [0.25, 0.3) is 5.91 Å². The molecule has 0 aliphatic carbocycles. The summed E-state index contributed by atoms with van der Waals surface area (Å²) in [6.07, 6.45) is -0.651. The smallest absolute Gasteiger partial charge is 0.413 e. The first kappa shape index (κ1) is 11.2. The summed E-state index contributed by atoms with van der Waals surface area (Å²) in [6.45, 7) is 1.92. The van der Waals surface area contributed by atoms with E-state index in [0.29, 0.717) is 0 Å². The van der Waals surface area contributed by atoms with Crippen molar-refractivity contribution in [2.45, 2.75) is 6.92 Å². The molecule has 0 saturated carbocycles. The molecule has 5 N–H and O–H groups in total. The summed E-state index contributed by atoms with van der Waals surface area (Å²) < 4.78 is 4.62. The molecule has 0 aliphatic heterocycles. The van der Waals surface area contributed by atoms with Crippen molar-refractivity contribution in [2.24, 2.45) is 5.73 Å². The molecule has 7 nitrogen and oxygen atoms in total. The zero-order chi connectivity index (χ0) is 11.4. The number of primary amides is 1. The molecule has 0 aliphatic rings. The average Bonchev–Trinajstić information content (AvgIpc) is 2.47. The van der Waals surface area contributed by atoms with Gasteiger partial charge >= 0.3 is 6.09 Å². The van der Waals surface area contributed by atoms with E-state index in [1.165, 1.54) is 0 Å². The van der Waals surface area contributed by atoms with Gasteiger partial charge in [-0.05, 0) is 6.92 Å². The highest BCUT2D eigenvalue weighted by Crippen LogP contribution is 2.24. The zero-order valence-electron chi connectivity index (χ0n) is 7.94. The van der Waals surface area contributed by atoms with Crippen LogP contribution in [-0.4, -0.2) is 23.6 Å². The van der Waals surface area contributed by atoms with Crippen LogP contribution in [0.5, 0.6) is 0 Å². The molecule has 0 atom stereocenters. The SMILES string of the molecule is CCOC(=O)Nc1nc(C(N)=O)c(N)s1. The number of carbonyl (C=O) groups excluding carboxylic acids is 2. The van der Waals surface area contributed by atoms with E-state index >= 15 is 0 Å². The molecule has 15 heavy (non-hydrogen) atoms. The lowest BCUT2D eigenvalue weighted by Crippen LogP contribution is -2.15. The van der Waals surface area contributed by atoms with Crippen LogP contribution in [0.2, 0.25) is 0 Å². The molecule has 0 aromatic carbocycles. The van der Waals surface area contributed by atoms with Crippen molar-refractivity contribution < 1.29 is 14.3 Å². The van der Waals surface area contributed by atoms with Crippen LogP contribution in [0.3, 0.4) is 0 Å². The van der Waals surface area contributed by atoms with Crippen molar-refractivity contribution >= 4 is 33.5 Å². The molecule has 0 saturated heterocycles. The number of thiazole rings is 1. The lowest BCUT2D eigenvalue weighted by Gasteiger charge is -1.99. The molecule has 1 heterocycles. The number of hydrogen-bond acceptors (Lipinski definition) is 6.